The molecule has 0 spiro atoms. The highest BCUT2D eigenvalue weighted by Crippen LogP contribution is 2.12. The second kappa shape index (κ2) is 7.24. The molecule has 21 heavy (non-hydrogen) atoms. The molecule has 0 aliphatic heterocycles. The Morgan fingerprint density at radius 1 is 1.29 bits per heavy atom. The summed E-state index contributed by atoms with van der Waals surface area (Å²) in [6.07, 6.45) is 4.01. The number of anilines is 1. The maximum Gasteiger partial charge on any atom is 0.237 e. The number of H-pyrrole nitrogens is 1. The second-order valence-corrected chi connectivity index (χ2v) is 6.57. The van der Waals surface area contributed by atoms with Crippen molar-refractivity contribution in [2.75, 3.05) is 11.3 Å². The fourth-order valence-corrected chi connectivity index (χ4v) is 3.14. The van der Waals surface area contributed by atoms with Gasteiger partial charge in [-0.3, -0.25) is 9.82 Å². The van der Waals surface area contributed by atoms with Crippen LogP contribution < -0.4 is 10.0 Å². The third-order valence-corrected chi connectivity index (χ3v) is 4.14. The van der Waals surface area contributed by atoms with Crippen LogP contribution >= 0.6 is 0 Å². The zero-order valence-corrected chi connectivity index (χ0v) is 12.8. The van der Waals surface area contributed by atoms with Crippen LogP contribution in [0.15, 0.2) is 36.7 Å². The summed E-state index contributed by atoms with van der Waals surface area (Å²) in [5.74, 6) is -0.0558. The van der Waals surface area contributed by atoms with Gasteiger partial charge < -0.3 is 5.32 Å². The van der Waals surface area contributed by atoms with Crippen molar-refractivity contribution in [1.29, 1.82) is 0 Å². The van der Waals surface area contributed by atoms with E-state index < -0.39 is 10.0 Å². The van der Waals surface area contributed by atoms with E-state index >= 15 is 0 Å². The maximum absolute atomic E-state index is 12.1. The number of aromatic nitrogens is 2. The monoisotopic (exact) mass is 308 g/mol. The van der Waals surface area contributed by atoms with Crippen molar-refractivity contribution >= 4 is 15.7 Å². The molecule has 2 aromatic rings. The molecular weight excluding hydrogens is 288 g/mol. The van der Waals surface area contributed by atoms with E-state index in [0.29, 0.717) is 5.69 Å². The van der Waals surface area contributed by atoms with Crippen LogP contribution in [0.25, 0.3) is 0 Å². The number of nitrogens with one attached hydrogen (secondary N) is 3. The molecule has 0 atom stereocenters. The molecule has 0 bridgehead atoms. The minimum absolute atomic E-state index is 0.0558. The zero-order chi connectivity index (χ0) is 15.1. The Bertz CT molecular complexity index is 653. The molecule has 0 aliphatic carbocycles. The van der Waals surface area contributed by atoms with Crippen LogP contribution in [-0.4, -0.2) is 25.2 Å². The van der Waals surface area contributed by atoms with Gasteiger partial charge in [-0.25, -0.2) is 8.42 Å². The van der Waals surface area contributed by atoms with Crippen LogP contribution in [0.2, 0.25) is 0 Å². The van der Waals surface area contributed by atoms with Gasteiger partial charge in [-0.2, -0.15) is 5.10 Å². The molecule has 1 aromatic carbocycles. The number of aromatic amines is 1. The molecule has 6 nitrogen and oxygen atoms in total. The van der Waals surface area contributed by atoms with Crippen LogP contribution in [0.1, 0.15) is 24.5 Å². The number of rotatable bonds is 8. The minimum Gasteiger partial charge on any atom is -0.313 e. The lowest BCUT2D eigenvalue weighted by molar-refractivity contribution is 0.600. The molecule has 1 aromatic heterocycles. The Labute approximate surface area is 125 Å². The van der Waals surface area contributed by atoms with E-state index in [9.17, 15) is 8.42 Å². The van der Waals surface area contributed by atoms with E-state index in [2.05, 4.69) is 27.2 Å². The first-order chi connectivity index (χ1) is 10.1. The van der Waals surface area contributed by atoms with Crippen molar-refractivity contribution in [3.63, 3.8) is 0 Å². The molecule has 3 N–H and O–H groups in total. The molecular formula is C14H20N4O2S. The third-order valence-electron chi connectivity index (χ3n) is 2.88. The number of hydrogen-bond acceptors (Lipinski definition) is 4. The van der Waals surface area contributed by atoms with Crippen LogP contribution in [-0.2, 0) is 22.3 Å². The highest BCUT2D eigenvalue weighted by atomic mass is 32.2. The summed E-state index contributed by atoms with van der Waals surface area (Å²) in [6, 6.07) is 7.60. The lowest BCUT2D eigenvalue weighted by Crippen LogP contribution is -2.16. The topological polar surface area (TPSA) is 86.9 Å². The van der Waals surface area contributed by atoms with Crippen molar-refractivity contribution in [1.82, 2.24) is 15.5 Å². The molecule has 0 radical (unpaired) electrons. The predicted octanol–water partition coefficient (Wildman–Crippen LogP) is 1.85. The molecule has 7 heteroatoms. The Hall–Kier alpha value is -1.86. The Morgan fingerprint density at radius 3 is 2.81 bits per heavy atom. The van der Waals surface area contributed by atoms with Crippen LogP contribution in [0, 0.1) is 0 Å². The maximum atomic E-state index is 12.1. The van der Waals surface area contributed by atoms with Crippen LogP contribution in [0.4, 0.5) is 5.69 Å². The van der Waals surface area contributed by atoms with Crippen molar-refractivity contribution in [2.24, 2.45) is 0 Å². The summed E-state index contributed by atoms with van der Waals surface area (Å²) < 4.78 is 26.6. The zero-order valence-electron chi connectivity index (χ0n) is 12.0. The quantitative estimate of drug-likeness (QED) is 0.650. The van der Waals surface area contributed by atoms with Gasteiger partial charge in [0.05, 0.1) is 17.6 Å². The number of sulfonamides is 1. The lowest BCUT2D eigenvalue weighted by atomic mass is 10.1. The first kappa shape index (κ1) is 15.5. The summed E-state index contributed by atoms with van der Waals surface area (Å²) in [5, 5.41) is 9.58. The highest BCUT2D eigenvalue weighted by molar-refractivity contribution is 7.91. The average Bonchev–Trinajstić information content (AvgIpc) is 2.91. The fourth-order valence-electron chi connectivity index (χ4n) is 1.98. The summed E-state index contributed by atoms with van der Waals surface area (Å²) in [6.45, 7) is 3.80. The largest absolute Gasteiger partial charge is 0.313 e. The molecule has 0 saturated carbocycles. The average molecular weight is 308 g/mol. The van der Waals surface area contributed by atoms with Crippen LogP contribution in [0.3, 0.4) is 0 Å². The molecule has 0 aliphatic rings. The fraction of sp³-hybridized carbons (Fsp3) is 0.357. The normalized spacial score (nSPS) is 11.5. The van der Waals surface area contributed by atoms with Crippen LogP contribution in [0.5, 0.6) is 0 Å². The number of nitrogens with zero attached hydrogens (tertiary/aromatic N) is 1. The Balaban J connectivity index is 2.00. The third kappa shape index (κ3) is 5.20. The molecule has 0 amide bonds. The van der Waals surface area contributed by atoms with Gasteiger partial charge in [0.2, 0.25) is 10.0 Å². The van der Waals surface area contributed by atoms with Gasteiger partial charge >= 0.3 is 0 Å². The minimum atomic E-state index is -3.43. The first-order valence-electron chi connectivity index (χ1n) is 6.87. The van der Waals surface area contributed by atoms with Crippen molar-refractivity contribution < 1.29 is 8.42 Å². The van der Waals surface area contributed by atoms with Crippen molar-refractivity contribution in [3.05, 3.63) is 47.8 Å². The van der Waals surface area contributed by atoms with Gasteiger partial charge in [0.15, 0.2) is 0 Å². The molecule has 1 heterocycles. The molecule has 0 saturated heterocycles. The Morgan fingerprint density at radius 2 is 2.10 bits per heavy atom. The van der Waals surface area contributed by atoms with Crippen molar-refractivity contribution in [3.8, 4) is 0 Å². The molecule has 0 fully saturated rings. The van der Waals surface area contributed by atoms with E-state index in [4.69, 9.17) is 0 Å². The Kier molecular flexibility index (Phi) is 5.35. The second-order valence-electron chi connectivity index (χ2n) is 4.84. The van der Waals surface area contributed by atoms with E-state index in [0.717, 1.165) is 30.6 Å². The van der Waals surface area contributed by atoms with Gasteiger partial charge in [-0.05, 0) is 24.1 Å². The van der Waals surface area contributed by atoms with E-state index in [-0.39, 0.29) is 5.75 Å². The summed E-state index contributed by atoms with van der Waals surface area (Å²) >= 11 is 0. The smallest absolute Gasteiger partial charge is 0.237 e. The SMILES string of the molecule is CCCNCc1cccc(CS(=O)(=O)Nc2cn[nH]c2)c1. The standard InChI is InChI=1S/C14H20N4O2S/c1-2-6-15-8-12-4-3-5-13(7-12)11-21(19,20)18-14-9-16-17-10-14/h3-5,7,9-10,15,18H,2,6,8,11H2,1H3,(H,16,17). The number of benzene rings is 1. The molecule has 114 valence electrons. The van der Waals surface area contributed by atoms with Crippen molar-refractivity contribution in [2.45, 2.75) is 25.6 Å². The summed E-state index contributed by atoms with van der Waals surface area (Å²) in [7, 11) is -3.43. The predicted molar refractivity (Wildman–Crippen MR) is 83.3 cm³/mol. The van der Waals surface area contributed by atoms with Gasteiger partial charge in [-0.1, -0.05) is 31.2 Å². The van der Waals surface area contributed by atoms with Gasteiger partial charge in [0.1, 0.15) is 0 Å². The van der Waals surface area contributed by atoms with Gasteiger partial charge in [-0.15, -0.1) is 0 Å². The van der Waals surface area contributed by atoms with Gasteiger partial charge in [0, 0.05) is 12.7 Å². The van der Waals surface area contributed by atoms with Gasteiger partial charge in [0.25, 0.3) is 0 Å². The summed E-state index contributed by atoms with van der Waals surface area (Å²) in [4.78, 5) is 0. The molecule has 0 unspecified atom stereocenters. The highest BCUT2D eigenvalue weighted by Gasteiger charge is 2.12. The first-order valence-corrected chi connectivity index (χ1v) is 8.52. The van der Waals surface area contributed by atoms with E-state index in [1.807, 2.05) is 24.3 Å². The lowest BCUT2D eigenvalue weighted by Gasteiger charge is -2.08. The summed E-state index contributed by atoms with van der Waals surface area (Å²) in [5.41, 5.74) is 2.29. The van der Waals surface area contributed by atoms with E-state index in [1.165, 1.54) is 12.4 Å². The number of hydrogen-bond donors (Lipinski definition) is 3. The molecule has 2 rings (SSSR count). The van der Waals surface area contributed by atoms with E-state index in [1.54, 1.807) is 0 Å².